The van der Waals surface area contributed by atoms with Crippen molar-refractivity contribution in [3.63, 3.8) is 0 Å². The van der Waals surface area contributed by atoms with Crippen LogP contribution in [-0.2, 0) is 10.0 Å². The normalized spacial score (nSPS) is 13.0. The van der Waals surface area contributed by atoms with Crippen molar-refractivity contribution in [1.82, 2.24) is 4.72 Å². The van der Waals surface area contributed by atoms with Gasteiger partial charge in [0.15, 0.2) is 5.25 Å². The van der Waals surface area contributed by atoms with Gasteiger partial charge < -0.3 is 0 Å². The molecule has 0 aliphatic rings. The van der Waals surface area contributed by atoms with E-state index in [0.717, 1.165) is 5.57 Å². The summed E-state index contributed by atoms with van der Waals surface area (Å²) < 4.78 is 25.2. The fourth-order valence-electron chi connectivity index (χ4n) is 0.843. The monoisotopic (exact) mass is 216 g/mol. The summed E-state index contributed by atoms with van der Waals surface area (Å²) in [5.41, 5.74) is 1.04. The molecular formula is C9H16N2O2S. The molecule has 0 rings (SSSR count). The molecule has 1 atom stereocenters. The zero-order valence-corrected chi connectivity index (χ0v) is 9.56. The van der Waals surface area contributed by atoms with Crippen molar-refractivity contribution >= 4 is 10.0 Å². The second-order valence-electron chi connectivity index (χ2n) is 3.20. The third kappa shape index (κ3) is 4.40. The summed E-state index contributed by atoms with van der Waals surface area (Å²) >= 11 is 0. The number of nitriles is 1. The van der Waals surface area contributed by atoms with Crippen LogP contribution >= 0.6 is 0 Å². The Balaban J connectivity index is 4.37. The molecule has 0 aliphatic heterocycles. The maximum atomic E-state index is 11.4. The first-order chi connectivity index (χ1) is 6.44. The Morgan fingerprint density at radius 1 is 1.57 bits per heavy atom. The number of sulfonamides is 1. The number of allylic oxidation sites excluding steroid dienone is 1. The van der Waals surface area contributed by atoms with Crippen molar-refractivity contribution in [3.8, 4) is 6.07 Å². The first-order valence-corrected chi connectivity index (χ1v) is 6.00. The van der Waals surface area contributed by atoms with E-state index < -0.39 is 15.3 Å². The van der Waals surface area contributed by atoms with E-state index in [4.69, 9.17) is 5.26 Å². The van der Waals surface area contributed by atoms with Crippen molar-refractivity contribution in [1.29, 1.82) is 5.26 Å². The van der Waals surface area contributed by atoms with Crippen molar-refractivity contribution in [2.24, 2.45) is 0 Å². The minimum Gasteiger partial charge on any atom is -0.211 e. The van der Waals surface area contributed by atoms with Crippen molar-refractivity contribution in [3.05, 3.63) is 11.6 Å². The molecule has 0 aromatic carbocycles. The maximum Gasteiger partial charge on any atom is 0.228 e. The van der Waals surface area contributed by atoms with Crippen LogP contribution in [0.5, 0.6) is 0 Å². The molecule has 0 saturated heterocycles. The summed E-state index contributed by atoms with van der Waals surface area (Å²) in [5, 5.41) is 7.63. The van der Waals surface area contributed by atoms with E-state index >= 15 is 0 Å². The molecular weight excluding hydrogens is 200 g/mol. The third-order valence-corrected chi connectivity index (χ3v) is 3.44. The summed E-state index contributed by atoms with van der Waals surface area (Å²) in [4.78, 5) is 0. The minimum absolute atomic E-state index is 0.253. The topological polar surface area (TPSA) is 70.0 Å². The summed E-state index contributed by atoms with van der Waals surface area (Å²) in [5.74, 6) is 0. The van der Waals surface area contributed by atoms with Gasteiger partial charge in [0.25, 0.3) is 0 Å². The Morgan fingerprint density at radius 2 is 2.14 bits per heavy atom. The molecule has 0 spiro atoms. The van der Waals surface area contributed by atoms with Crippen LogP contribution in [0.2, 0.25) is 0 Å². The fourth-order valence-corrected chi connectivity index (χ4v) is 1.94. The lowest BCUT2D eigenvalue weighted by atomic mass is 10.3. The van der Waals surface area contributed by atoms with Gasteiger partial charge in [-0.05, 0) is 20.3 Å². The van der Waals surface area contributed by atoms with E-state index in [1.165, 1.54) is 0 Å². The highest BCUT2D eigenvalue weighted by Gasteiger charge is 2.21. The van der Waals surface area contributed by atoms with Crippen LogP contribution in [0.1, 0.15) is 27.2 Å². The van der Waals surface area contributed by atoms with Gasteiger partial charge in [0.2, 0.25) is 10.0 Å². The predicted octanol–water partition coefficient (Wildman–Crippen LogP) is 1.17. The number of hydrogen-bond donors (Lipinski definition) is 1. The molecule has 14 heavy (non-hydrogen) atoms. The molecule has 0 fully saturated rings. The Morgan fingerprint density at radius 3 is 2.50 bits per heavy atom. The molecule has 0 bridgehead atoms. The molecule has 1 unspecified atom stereocenters. The molecule has 80 valence electrons. The Bertz CT molecular complexity index is 334. The van der Waals surface area contributed by atoms with Gasteiger partial charge in [-0.1, -0.05) is 18.6 Å². The summed E-state index contributed by atoms with van der Waals surface area (Å²) in [7, 11) is -3.47. The SMILES string of the molecule is CCC(C#N)S(=O)(=O)NCC=C(C)C. The van der Waals surface area contributed by atoms with Crippen molar-refractivity contribution in [2.75, 3.05) is 6.54 Å². The number of nitrogens with one attached hydrogen (secondary N) is 1. The highest BCUT2D eigenvalue weighted by molar-refractivity contribution is 7.90. The third-order valence-electron chi connectivity index (χ3n) is 1.68. The summed E-state index contributed by atoms with van der Waals surface area (Å²) in [6, 6.07) is 1.76. The Hall–Kier alpha value is -0.860. The first kappa shape index (κ1) is 13.1. The van der Waals surface area contributed by atoms with E-state index in [0.29, 0.717) is 6.42 Å². The van der Waals surface area contributed by atoms with Crippen LogP contribution in [-0.4, -0.2) is 20.2 Å². The van der Waals surface area contributed by atoms with E-state index in [9.17, 15) is 8.42 Å². The maximum absolute atomic E-state index is 11.4. The quantitative estimate of drug-likeness (QED) is 0.701. The van der Waals surface area contributed by atoms with Crippen LogP contribution in [0.25, 0.3) is 0 Å². The number of nitrogens with zero attached hydrogens (tertiary/aromatic N) is 1. The second-order valence-corrected chi connectivity index (χ2v) is 5.15. The lowest BCUT2D eigenvalue weighted by Gasteiger charge is -2.08. The molecule has 0 amide bonds. The van der Waals surface area contributed by atoms with Crippen LogP contribution in [0.15, 0.2) is 11.6 Å². The fraction of sp³-hybridized carbons (Fsp3) is 0.667. The van der Waals surface area contributed by atoms with E-state index in [1.54, 1.807) is 19.1 Å². The van der Waals surface area contributed by atoms with Gasteiger partial charge in [-0.25, -0.2) is 13.1 Å². The van der Waals surface area contributed by atoms with Gasteiger partial charge in [-0.15, -0.1) is 0 Å². The van der Waals surface area contributed by atoms with Gasteiger partial charge in [0.05, 0.1) is 6.07 Å². The second kappa shape index (κ2) is 5.78. The van der Waals surface area contributed by atoms with E-state index in [-0.39, 0.29) is 6.54 Å². The van der Waals surface area contributed by atoms with E-state index in [2.05, 4.69) is 4.72 Å². The molecule has 0 aromatic heterocycles. The highest BCUT2D eigenvalue weighted by atomic mass is 32.2. The number of hydrogen-bond acceptors (Lipinski definition) is 3. The van der Waals surface area contributed by atoms with Crippen molar-refractivity contribution < 1.29 is 8.42 Å². The largest absolute Gasteiger partial charge is 0.228 e. The van der Waals surface area contributed by atoms with Crippen LogP contribution < -0.4 is 4.72 Å². The molecule has 5 heteroatoms. The van der Waals surface area contributed by atoms with Crippen LogP contribution in [0.4, 0.5) is 0 Å². The lowest BCUT2D eigenvalue weighted by molar-refractivity contribution is 0.576. The van der Waals surface area contributed by atoms with Crippen LogP contribution in [0.3, 0.4) is 0 Å². The molecule has 4 nitrogen and oxygen atoms in total. The average Bonchev–Trinajstić information content (AvgIpc) is 2.04. The molecule has 0 heterocycles. The molecule has 1 N–H and O–H groups in total. The Kier molecular flexibility index (Phi) is 5.43. The molecule has 0 saturated carbocycles. The van der Waals surface area contributed by atoms with Gasteiger partial charge in [-0.2, -0.15) is 5.26 Å². The van der Waals surface area contributed by atoms with Crippen molar-refractivity contribution in [2.45, 2.75) is 32.4 Å². The Labute approximate surface area is 85.7 Å². The minimum atomic E-state index is -3.47. The lowest BCUT2D eigenvalue weighted by Crippen LogP contribution is -2.33. The van der Waals surface area contributed by atoms with Gasteiger partial charge in [-0.3, -0.25) is 0 Å². The molecule has 0 radical (unpaired) electrons. The predicted molar refractivity (Wildman–Crippen MR) is 56.0 cm³/mol. The molecule has 0 aromatic rings. The standard InChI is InChI=1S/C9H16N2O2S/c1-4-9(7-10)14(12,13)11-6-5-8(2)3/h5,9,11H,4,6H2,1-3H3. The summed E-state index contributed by atoms with van der Waals surface area (Å²) in [6.07, 6.45) is 2.07. The number of rotatable bonds is 5. The van der Waals surface area contributed by atoms with Gasteiger partial charge in [0, 0.05) is 6.54 Å². The average molecular weight is 216 g/mol. The van der Waals surface area contributed by atoms with Crippen LogP contribution in [0, 0.1) is 11.3 Å². The zero-order valence-electron chi connectivity index (χ0n) is 8.74. The summed E-state index contributed by atoms with van der Waals surface area (Å²) in [6.45, 7) is 5.70. The zero-order chi connectivity index (χ0) is 11.2. The van der Waals surface area contributed by atoms with Gasteiger partial charge >= 0.3 is 0 Å². The molecule has 0 aliphatic carbocycles. The van der Waals surface area contributed by atoms with Gasteiger partial charge in [0.1, 0.15) is 0 Å². The highest BCUT2D eigenvalue weighted by Crippen LogP contribution is 2.02. The smallest absolute Gasteiger partial charge is 0.211 e. The first-order valence-electron chi connectivity index (χ1n) is 4.45. The van der Waals surface area contributed by atoms with E-state index in [1.807, 2.05) is 13.8 Å².